The molecule has 8 bridgehead atoms. The van der Waals surface area contributed by atoms with Crippen molar-refractivity contribution in [3.05, 3.63) is 105 Å². The summed E-state index contributed by atoms with van der Waals surface area (Å²) in [4.78, 5) is 44.4. The summed E-state index contributed by atoms with van der Waals surface area (Å²) >= 11 is 0. The van der Waals surface area contributed by atoms with Gasteiger partial charge in [-0.05, 0) is 86.2 Å². The second kappa shape index (κ2) is 11.6. The smallest absolute Gasteiger partial charge is 0.305 e. The van der Waals surface area contributed by atoms with Crippen molar-refractivity contribution < 1.29 is 14.3 Å². The topological polar surface area (TPSA) is 125 Å². The van der Waals surface area contributed by atoms with Crippen molar-refractivity contribution in [2.24, 2.45) is 0 Å². The number of hydrogen-bond donors (Lipinski definition) is 4. The highest BCUT2D eigenvalue weighted by Gasteiger charge is 2.51. The molecule has 3 aliphatic heterocycles. The summed E-state index contributed by atoms with van der Waals surface area (Å²) in [6.07, 6.45) is 4.06. The molecular weight excluding hydrogens is 624 g/mol. The number of fused-ring (bicyclic) bond motifs is 10. The van der Waals surface area contributed by atoms with Gasteiger partial charge >= 0.3 is 5.97 Å². The Morgan fingerprint density at radius 3 is 2.54 bits per heavy atom. The maximum atomic E-state index is 13.8. The van der Waals surface area contributed by atoms with Crippen LogP contribution >= 0.6 is 0 Å². The van der Waals surface area contributed by atoms with Gasteiger partial charge in [-0.3, -0.25) is 14.6 Å². The van der Waals surface area contributed by atoms with Crippen molar-refractivity contribution in [2.75, 3.05) is 12.4 Å². The maximum absolute atomic E-state index is 13.8. The molecule has 4 aliphatic rings. The minimum absolute atomic E-state index is 0.0109. The van der Waals surface area contributed by atoms with E-state index in [-0.39, 0.29) is 30.1 Å². The molecule has 4 aromatic rings. The number of nitrogens with one attached hydrogen (secondary N) is 4. The normalized spacial score (nSPS) is 20.5. The van der Waals surface area contributed by atoms with Gasteiger partial charge in [0.05, 0.1) is 24.1 Å². The van der Waals surface area contributed by atoms with Crippen molar-refractivity contribution >= 4 is 56.9 Å². The summed E-state index contributed by atoms with van der Waals surface area (Å²) < 4.78 is 5.07. The van der Waals surface area contributed by atoms with E-state index >= 15 is 0 Å². The van der Waals surface area contributed by atoms with E-state index in [4.69, 9.17) is 14.7 Å². The number of aryl methyl sites for hydroxylation is 3. The van der Waals surface area contributed by atoms with E-state index in [2.05, 4.69) is 80.0 Å². The molecule has 3 aromatic heterocycles. The summed E-state index contributed by atoms with van der Waals surface area (Å²) in [5.41, 5.74) is 15.5. The molecule has 0 fully saturated rings. The van der Waals surface area contributed by atoms with Gasteiger partial charge in [-0.1, -0.05) is 38.6 Å². The Labute approximate surface area is 291 Å². The number of ether oxygens (including phenoxy) is 1. The number of benzene rings is 1. The number of methoxy groups -OCH3 is 1. The van der Waals surface area contributed by atoms with Crippen molar-refractivity contribution in [1.82, 2.24) is 25.3 Å². The predicted molar refractivity (Wildman–Crippen MR) is 199 cm³/mol. The quantitative estimate of drug-likeness (QED) is 0.160. The highest BCUT2D eigenvalue weighted by atomic mass is 16.5. The Kier molecular flexibility index (Phi) is 7.36. The SMILES string of the molecule is C=Cc1c(C)c2cc3nc(c4c5nc(cc6[nH]c(cc1[nH]2)c(C)c6CC)C(C)=C5C1(C4)NC(=O)c2ccccc2N1)[C@@H](CCC(=O)OC)[C@@H]3C. The molecule has 1 spiro atoms. The lowest BCUT2D eigenvalue weighted by Gasteiger charge is -2.38. The largest absolute Gasteiger partial charge is 0.469 e. The van der Waals surface area contributed by atoms with Crippen molar-refractivity contribution in [1.29, 1.82) is 0 Å². The first-order valence-electron chi connectivity index (χ1n) is 17.4. The fraction of sp³-hybridized carbons (Fsp3) is 0.317. The first-order valence-corrected chi connectivity index (χ1v) is 17.4. The highest BCUT2D eigenvalue weighted by Crippen LogP contribution is 2.52. The van der Waals surface area contributed by atoms with Gasteiger partial charge in [0.2, 0.25) is 0 Å². The van der Waals surface area contributed by atoms with Gasteiger partial charge in [0.25, 0.3) is 5.91 Å². The number of hydrogen-bond acceptors (Lipinski definition) is 6. The number of allylic oxidation sites excluding steroid dienone is 1. The molecule has 9 heteroatoms. The lowest BCUT2D eigenvalue weighted by atomic mass is 9.85. The first kappa shape index (κ1) is 31.8. The zero-order valence-corrected chi connectivity index (χ0v) is 29.4. The lowest BCUT2D eigenvalue weighted by Crippen LogP contribution is -2.57. The number of esters is 1. The van der Waals surface area contributed by atoms with E-state index in [1.807, 2.05) is 30.3 Å². The molecule has 254 valence electrons. The van der Waals surface area contributed by atoms with Gasteiger partial charge in [-0.25, -0.2) is 4.98 Å². The third kappa shape index (κ3) is 4.66. The van der Waals surface area contributed by atoms with Crippen LogP contribution in [0.5, 0.6) is 0 Å². The number of H-pyrrole nitrogens is 2. The van der Waals surface area contributed by atoms with E-state index in [0.29, 0.717) is 18.4 Å². The van der Waals surface area contributed by atoms with Gasteiger partial charge in [0.15, 0.2) is 0 Å². The Bertz CT molecular complexity index is 2360. The second-order valence-corrected chi connectivity index (χ2v) is 14.0. The lowest BCUT2D eigenvalue weighted by molar-refractivity contribution is -0.140. The van der Waals surface area contributed by atoms with Crippen LogP contribution in [0.1, 0.15) is 106 Å². The van der Waals surface area contributed by atoms with Gasteiger partial charge < -0.3 is 25.3 Å². The molecule has 0 saturated heterocycles. The van der Waals surface area contributed by atoms with Gasteiger partial charge in [0.1, 0.15) is 5.66 Å². The number of aromatic amines is 2. The molecule has 1 aromatic carbocycles. The van der Waals surface area contributed by atoms with Crippen molar-refractivity contribution in [2.45, 2.75) is 77.8 Å². The number of para-hydroxylation sites is 1. The molecule has 1 amide bonds. The van der Waals surface area contributed by atoms with Crippen LogP contribution in [0.2, 0.25) is 0 Å². The van der Waals surface area contributed by atoms with Gasteiger partial charge in [0, 0.05) is 80.5 Å². The first-order chi connectivity index (χ1) is 24.1. The van der Waals surface area contributed by atoms with Crippen molar-refractivity contribution in [3.8, 4) is 0 Å². The van der Waals surface area contributed by atoms with Crippen LogP contribution in [-0.2, 0) is 22.4 Å². The van der Waals surface area contributed by atoms with E-state index in [9.17, 15) is 9.59 Å². The Morgan fingerprint density at radius 1 is 1.02 bits per heavy atom. The summed E-state index contributed by atoms with van der Waals surface area (Å²) in [5, 5.41) is 7.13. The molecule has 3 atom stereocenters. The predicted octanol–water partition coefficient (Wildman–Crippen LogP) is 8.02. The number of aromatic nitrogens is 4. The van der Waals surface area contributed by atoms with Gasteiger partial charge in [-0.15, -0.1) is 0 Å². The number of anilines is 1. The fourth-order valence-corrected chi connectivity index (χ4v) is 8.61. The van der Waals surface area contributed by atoms with E-state index in [1.165, 1.54) is 18.2 Å². The summed E-state index contributed by atoms with van der Waals surface area (Å²) in [5.74, 6) is -0.433. The van der Waals surface area contributed by atoms with Crippen LogP contribution in [-0.4, -0.2) is 44.6 Å². The van der Waals surface area contributed by atoms with Gasteiger partial charge in [-0.2, -0.15) is 0 Å². The van der Waals surface area contributed by atoms with Crippen LogP contribution in [0.25, 0.3) is 39.3 Å². The average molecular weight is 667 g/mol. The third-order valence-corrected chi connectivity index (χ3v) is 11.3. The highest BCUT2D eigenvalue weighted by molar-refractivity contribution is 6.09. The minimum Gasteiger partial charge on any atom is -0.469 e. The molecule has 1 aliphatic carbocycles. The number of carbonyl (C=O) groups excluding carboxylic acids is 2. The van der Waals surface area contributed by atoms with Crippen LogP contribution in [0.15, 0.2) is 49.0 Å². The Hall–Kier alpha value is -5.44. The second-order valence-electron chi connectivity index (χ2n) is 14.0. The number of amides is 1. The van der Waals surface area contributed by atoms with Crippen LogP contribution in [0.3, 0.4) is 0 Å². The Morgan fingerprint density at radius 2 is 1.78 bits per heavy atom. The van der Waals surface area contributed by atoms with E-state index < -0.39 is 5.66 Å². The van der Waals surface area contributed by atoms with Crippen molar-refractivity contribution in [3.63, 3.8) is 0 Å². The monoisotopic (exact) mass is 666 g/mol. The molecule has 6 heterocycles. The third-order valence-electron chi connectivity index (χ3n) is 11.3. The average Bonchev–Trinajstić information content (AvgIpc) is 3.85. The maximum Gasteiger partial charge on any atom is 0.305 e. The minimum atomic E-state index is -0.919. The number of nitrogens with zero attached hydrogens (tertiary/aromatic N) is 2. The molecule has 9 nitrogen and oxygen atoms in total. The zero-order valence-electron chi connectivity index (χ0n) is 29.4. The molecule has 50 heavy (non-hydrogen) atoms. The molecular formula is C41H42N6O3. The molecule has 4 N–H and O–H groups in total. The number of carbonyl (C=O) groups is 2. The zero-order chi connectivity index (χ0) is 35.1. The van der Waals surface area contributed by atoms with E-state index in [1.54, 1.807) is 0 Å². The molecule has 8 rings (SSSR count). The summed E-state index contributed by atoms with van der Waals surface area (Å²) in [7, 11) is 1.43. The molecule has 0 radical (unpaired) electrons. The summed E-state index contributed by atoms with van der Waals surface area (Å²) in [6, 6.07) is 14.1. The van der Waals surface area contributed by atoms with Crippen LogP contribution in [0, 0.1) is 13.8 Å². The Balaban J connectivity index is 1.48. The standard InChI is InChI=1S/C41H42N6O3/c1-8-24-20(3)30-16-32-22(5)26(14-15-36(48)50-7)38(44-32)28-19-41(46-29-13-11-10-12-27(29)40(49)47-41)37-23(6)33(45-39(28)37)18-35-25(9-2)21(4)31(43-35)17-34(24)42-30/h8,10-13,16-18,22,26,42-43,46H,1,9,14-15,19H2,2-7H3,(H,47,49)/t22-,26-,41?/m0/s1. The fourth-order valence-electron chi connectivity index (χ4n) is 8.61. The number of rotatable bonds is 5. The summed E-state index contributed by atoms with van der Waals surface area (Å²) in [6.45, 7) is 14.9. The van der Waals surface area contributed by atoms with Crippen LogP contribution < -0.4 is 10.6 Å². The van der Waals surface area contributed by atoms with E-state index in [0.717, 1.165) is 84.8 Å². The molecule has 0 saturated carbocycles. The van der Waals surface area contributed by atoms with Crippen LogP contribution in [0.4, 0.5) is 5.69 Å². The molecule has 1 unspecified atom stereocenters.